The first-order valence-electron chi connectivity index (χ1n) is 1.73. The number of carboxylic acid groups (broad SMARTS) is 1. The number of thiol groups is 1. The highest BCUT2D eigenvalue weighted by atomic mass is 32.1. The highest BCUT2D eigenvalue weighted by molar-refractivity contribution is 7.80. The maximum atomic E-state index is 9.69. The van der Waals surface area contributed by atoms with Crippen molar-refractivity contribution in [3.8, 4) is 0 Å². The van der Waals surface area contributed by atoms with Crippen LogP contribution in [0, 0.1) is 0 Å². The van der Waals surface area contributed by atoms with Crippen LogP contribution >= 0.6 is 12.6 Å². The van der Waals surface area contributed by atoms with Crippen LogP contribution in [0.25, 0.3) is 0 Å². The fourth-order valence-corrected chi connectivity index (χ4v) is 0.234. The summed E-state index contributed by atoms with van der Waals surface area (Å²) in [5.41, 5.74) is 6.60. The average Bonchev–Trinajstić information content (AvgIpc) is 1.65. The smallest absolute Gasteiger partial charge is 0.322 e. The second-order valence-electron chi connectivity index (χ2n) is 1.07. The molecule has 1 radical (unpaired) electrons. The summed E-state index contributed by atoms with van der Waals surface area (Å²) in [5, 5.41) is 7.95. The van der Waals surface area contributed by atoms with Crippen LogP contribution in [0.4, 0.5) is 0 Å². The third-order valence-electron chi connectivity index (χ3n) is 0.481. The SMILES string of the molecule is [NH][C@H](CS)C(=O)O. The first kappa shape index (κ1) is 6.78. The molecule has 0 rings (SSSR count). The average molecular weight is 120 g/mol. The standard InChI is InChI=1S/C3H6NO2S/c4-2(1-7)3(5)6/h2,4,7H,1H2,(H,5,6)/t2-/m1/s1. The van der Waals surface area contributed by atoms with Gasteiger partial charge in [0.1, 0.15) is 6.04 Å². The number of hydrogen-bond donors (Lipinski definition) is 2. The zero-order valence-corrected chi connectivity index (χ0v) is 4.48. The third kappa shape index (κ3) is 2.47. The molecule has 0 unspecified atom stereocenters. The quantitative estimate of drug-likeness (QED) is 0.489. The van der Waals surface area contributed by atoms with Gasteiger partial charge in [0.2, 0.25) is 0 Å². The molecular formula is C3H6NO2S. The lowest BCUT2D eigenvalue weighted by Crippen LogP contribution is -2.22. The van der Waals surface area contributed by atoms with Crippen LogP contribution in [0.3, 0.4) is 0 Å². The zero-order valence-electron chi connectivity index (χ0n) is 3.59. The van der Waals surface area contributed by atoms with Gasteiger partial charge in [-0.15, -0.1) is 0 Å². The minimum atomic E-state index is -1.12. The van der Waals surface area contributed by atoms with Gasteiger partial charge in [-0.3, -0.25) is 4.79 Å². The zero-order chi connectivity index (χ0) is 5.86. The van der Waals surface area contributed by atoms with Crippen molar-refractivity contribution in [1.29, 1.82) is 0 Å². The topological polar surface area (TPSA) is 61.1 Å². The Hall–Kier alpha value is -0.220. The number of carbonyl (C=O) groups is 1. The molecule has 41 valence electrons. The van der Waals surface area contributed by atoms with Crippen molar-refractivity contribution in [3.63, 3.8) is 0 Å². The van der Waals surface area contributed by atoms with Gasteiger partial charge < -0.3 is 5.11 Å². The van der Waals surface area contributed by atoms with Crippen molar-refractivity contribution in [2.24, 2.45) is 0 Å². The van der Waals surface area contributed by atoms with Crippen molar-refractivity contribution >= 4 is 18.6 Å². The van der Waals surface area contributed by atoms with Crippen molar-refractivity contribution < 1.29 is 9.90 Å². The molecule has 0 heterocycles. The van der Waals surface area contributed by atoms with E-state index in [1.807, 2.05) is 0 Å². The van der Waals surface area contributed by atoms with E-state index >= 15 is 0 Å². The molecule has 0 aromatic carbocycles. The normalized spacial score (nSPS) is 13.4. The van der Waals surface area contributed by atoms with E-state index in [2.05, 4.69) is 12.6 Å². The Bertz CT molecular complexity index is 75.3. The number of hydrogen-bond acceptors (Lipinski definition) is 2. The van der Waals surface area contributed by atoms with Gasteiger partial charge in [-0.1, -0.05) is 0 Å². The predicted octanol–water partition coefficient (Wildman–Crippen LogP) is -0.348. The van der Waals surface area contributed by atoms with Crippen LogP contribution < -0.4 is 5.73 Å². The highest BCUT2D eigenvalue weighted by Crippen LogP contribution is 1.82. The third-order valence-corrected chi connectivity index (χ3v) is 0.846. The molecule has 3 nitrogen and oxygen atoms in total. The molecule has 0 aliphatic heterocycles. The van der Waals surface area contributed by atoms with Crippen LogP contribution in [-0.4, -0.2) is 22.9 Å². The van der Waals surface area contributed by atoms with Crippen molar-refractivity contribution in [1.82, 2.24) is 5.73 Å². The molecule has 4 heteroatoms. The summed E-state index contributed by atoms with van der Waals surface area (Å²) >= 11 is 3.59. The van der Waals surface area contributed by atoms with Crippen molar-refractivity contribution in [2.45, 2.75) is 6.04 Å². The van der Waals surface area contributed by atoms with E-state index in [4.69, 9.17) is 10.8 Å². The molecule has 7 heavy (non-hydrogen) atoms. The lowest BCUT2D eigenvalue weighted by Gasteiger charge is -1.95. The maximum absolute atomic E-state index is 9.69. The van der Waals surface area contributed by atoms with Gasteiger partial charge in [0.05, 0.1) is 0 Å². The molecule has 2 N–H and O–H groups in total. The van der Waals surface area contributed by atoms with E-state index in [0.717, 1.165) is 0 Å². The van der Waals surface area contributed by atoms with Gasteiger partial charge in [0, 0.05) is 5.75 Å². The van der Waals surface area contributed by atoms with Gasteiger partial charge >= 0.3 is 5.97 Å². The second kappa shape index (κ2) is 2.87. The van der Waals surface area contributed by atoms with E-state index in [9.17, 15) is 4.79 Å². The molecule has 0 bridgehead atoms. The van der Waals surface area contributed by atoms with E-state index in [1.54, 1.807) is 0 Å². The minimum Gasteiger partial charge on any atom is -0.480 e. The van der Waals surface area contributed by atoms with Crippen LogP contribution in [0.5, 0.6) is 0 Å². The van der Waals surface area contributed by atoms with E-state index in [1.165, 1.54) is 0 Å². The van der Waals surface area contributed by atoms with Crippen LogP contribution in [-0.2, 0) is 4.79 Å². The number of aliphatic carboxylic acids is 1. The summed E-state index contributed by atoms with van der Waals surface area (Å²) in [4.78, 5) is 9.69. The molecule has 0 saturated heterocycles. The number of carboxylic acids is 1. The first-order valence-corrected chi connectivity index (χ1v) is 2.36. The molecule has 0 spiro atoms. The van der Waals surface area contributed by atoms with E-state index in [-0.39, 0.29) is 5.75 Å². The summed E-state index contributed by atoms with van der Waals surface area (Å²) in [5.74, 6) is -1.04. The predicted molar refractivity (Wildman–Crippen MR) is 28.4 cm³/mol. The van der Waals surface area contributed by atoms with E-state index < -0.39 is 12.0 Å². The molecule has 0 aromatic heterocycles. The summed E-state index contributed by atoms with van der Waals surface area (Å²) in [6, 6.07) is -1.07. The Morgan fingerprint density at radius 3 is 2.43 bits per heavy atom. The largest absolute Gasteiger partial charge is 0.480 e. The van der Waals surface area contributed by atoms with Gasteiger partial charge in [-0.05, 0) is 0 Å². The fourth-order valence-electron chi connectivity index (χ4n) is 0.0781. The summed E-state index contributed by atoms with van der Waals surface area (Å²) in [6.45, 7) is 0. The number of nitrogens with one attached hydrogen (secondary N) is 1. The Morgan fingerprint density at radius 2 is 2.43 bits per heavy atom. The molecule has 0 saturated carbocycles. The first-order chi connectivity index (χ1) is 3.18. The van der Waals surface area contributed by atoms with Gasteiger partial charge in [0.15, 0.2) is 0 Å². The highest BCUT2D eigenvalue weighted by Gasteiger charge is 2.07. The minimum absolute atomic E-state index is 0.0787. The molecule has 0 aromatic rings. The lowest BCUT2D eigenvalue weighted by atomic mass is 10.4. The number of rotatable bonds is 2. The Kier molecular flexibility index (Phi) is 2.78. The molecule has 0 aliphatic rings. The van der Waals surface area contributed by atoms with Crippen LogP contribution in [0.1, 0.15) is 0 Å². The second-order valence-corrected chi connectivity index (χ2v) is 1.44. The Morgan fingerprint density at radius 1 is 2.00 bits per heavy atom. The van der Waals surface area contributed by atoms with Crippen molar-refractivity contribution in [3.05, 3.63) is 0 Å². The summed E-state index contributed by atoms with van der Waals surface area (Å²) < 4.78 is 0. The van der Waals surface area contributed by atoms with E-state index in [0.29, 0.717) is 0 Å². The van der Waals surface area contributed by atoms with Crippen LogP contribution in [0.15, 0.2) is 0 Å². The molecule has 1 atom stereocenters. The Labute approximate surface area is 46.9 Å². The summed E-state index contributed by atoms with van der Waals surface area (Å²) in [7, 11) is 0. The van der Waals surface area contributed by atoms with Gasteiger partial charge in [-0.25, -0.2) is 5.73 Å². The molecule has 0 aliphatic carbocycles. The monoisotopic (exact) mass is 120 g/mol. The van der Waals surface area contributed by atoms with Crippen molar-refractivity contribution in [2.75, 3.05) is 5.75 Å². The Balaban J connectivity index is 3.34. The molecule has 0 fully saturated rings. The van der Waals surface area contributed by atoms with Gasteiger partial charge in [-0.2, -0.15) is 12.6 Å². The fraction of sp³-hybridized carbons (Fsp3) is 0.667. The van der Waals surface area contributed by atoms with Gasteiger partial charge in [0.25, 0.3) is 0 Å². The van der Waals surface area contributed by atoms with Crippen LogP contribution in [0.2, 0.25) is 0 Å². The molecule has 0 amide bonds. The lowest BCUT2D eigenvalue weighted by molar-refractivity contribution is -0.138. The summed E-state index contributed by atoms with van der Waals surface area (Å²) in [6.07, 6.45) is 0. The molecular weight excluding hydrogens is 114 g/mol. The maximum Gasteiger partial charge on any atom is 0.322 e.